The maximum absolute atomic E-state index is 4.21. The molecule has 4 heteroatoms. The highest BCUT2D eigenvalue weighted by atomic mass is 15.6. The summed E-state index contributed by atoms with van der Waals surface area (Å²) in [4.78, 5) is 1.54. The van der Waals surface area contributed by atoms with Crippen LogP contribution in [0.15, 0.2) is 0 Å². The van der Waals surface area contributed by atoms with Crippen molar-refractivity contribution in [3.05, 3.63) is 5.82 Å². The van der Waals surface area contributed by atoms with E-state index < -0.39 is 0 Å². The Kier molecular flexibility index (Phi) is 8.43. The van der Waals surface area contributed by atoms with E-state index in [0.29, 0.717) is 0 Å². The average molecular weight is 266 g/mol. The zero-order valence-electron chi connectivity index (χ0n) is 12.9. The van der Waals surface area contributed by atoms with Crippen molar-refractivity contribution in [1.29, 1.82) is 0 Å². The van der Waals surface area contributed by atoms with Gasteiger partial charge in [0.05, 0.1) is 7.05 Å². The van der Waals surface area contributed by atoms with Crippen molar-refractivity contribution in [2.45, 2.75) is 78.1 Å². The Morgan fingerprint density at radius 1 is 1.00 bits per heavy atom. The number of aromatic nitrogens is 4. The molecule has 0 bridgehead atoms. The fraction of sp³-hybridized carbons (Fsp3) is 0.933. The van der Waals surface area contributed by atoms with Crippen LogP contribution in [0.25, 0.3) is 0 Å². The molecular formula is C15H30N4. The van der Waals surface area contributed by atoms with Crippen molar-refractivity contribution in [2.24, 2.45) is 13.0 Å². The maximum Gasteiger partial charge on any atom is 0.174 e. The molecule has 0 aromatic carbocycles. The molecule has 0 spiro atoms. The zero-order valence-corrected chi connectivity index (χ0v) is 12.9. The highest BCUT2D eigenvalue weighted by molar-refractivity contribution is 4.76. The molecule has 110 valence electrons. The van der Waals surface area contributed by atoms with E-state index in [0.717, 1.165) is 18.2 Å². The Morgan fingerprint density at radius 3 is 2.32 bits per heavy atom. The van der Waals surface area contributed by atoms with Gasteiger partial charge in [0.2, 0.25) is 0 Å². The van der Waals surface area contributed by atoms with E-state index in [1.165, 1.54) is 62.6 Å². The molecule has 19 heavy (non-hydrogen) atoms. The summed E-state index contributed by atoms with van der Waals surface area (Å²) >= 11 is 0. The second-order valence-electron chi connectivity index (χ2n) is 5.56. The van der Waals surface area contributed by atoms with E-state index in [4.69, 9.17) is 0 Å². The van der Waals surface area contributed by atoms with Crippen molar-refractivity contribution in [2.75, 3.05) is 0 Å². The van der Waals surface area contributed by atoms with Gasteiger partial charge in [-0.25, -0.2) is 0 Å². The molecule has 0 saturated carbocycles. The molecule has 0 radical (unpaired) electrons. The summed E-state index contributed by atoms with van der Waals surface area (Å²) in [5, 5.41) is 12.1. The van der Waals surface area contributed by atoms with Crippen LogP contribution in [-0.2, 0) is 13.5 Å². The van der Waals surface area contributed by atoms with Gasteiger partial charge in [-0.3, -0.25) is 0 Å². The van der Waals surface area contributed by atoms with Crippen LogP contribution in [0, 0.1) is 5.92 Å². The topological polar surface area (TPSA) is 43.6 Å². The van der Waals surface area contributed by atoms with Crippen molar-refractivity contribution in [3.8, 4) is 0 Å². The van der Waals surface area contributed by atoms with Crippen LogP contribution in [-0.4, -0.2) is 20.2 Å². The molecule has 1 rings (SSSR count). The van der Waals surface area contributed by atoms with Gasteiger partial charge in [0.15, 0.2) is 5.82 Å². The number of rotatable bonds is 11. The predicted molar refractivity (Wildman–Crippen MR) is 78.9 cm³/mol. The molecule has 0 amide bonds. The van der Waals surface area contributed by atoms with Crippen LogP contribution in [0.3, 0.4) is 0 Å². The quantitative estimate of drug-likeness (QED) is 0.570. The number of unbranched alkanes of at least 4 members (excludes halogenated alkanes) is 4. The number of tetrazole rings is 1. The fourth-order valence-corrected chi connectivity index (χ4v) is 2.55. The second-order valence-corrected chi connectivity index (χ2v) is 5.56. The van der Waals surface area contributed by atoms with E-state index in [-0.39, 0.29) is 0 Å². The maximum atomic E-state index is 4.21. The molecule has 0 N–H and O–H groups in total. The number of hydrogen-bond donors (Lipinski definition) is 0. The molecule has 4 nitrogen and oxygen atoms in total. The minimum absolute atomic E-state index is 0.887. The zero-order chi connectivity index (χ0) is 13.9. The molecule has 1 aromatic heterocycles. The van der Waals surface area contributed by atoms with Gasteiger partial charge >= 0.3 is 0 Å². The van der Waals surface area contributed by atoms with Gasteiger partial charge < -0.3 is 0 Å². The largest absolute Gasteiger partial charge is 0.174 e. The molecular weight excluding hydrogens is 236 g/mol. The van der Waals surface area contributed by atoms with Crippen LogP contribution in [0.5, 0.6) is 0 Å². The summed E-state index contributed by atoms with van der Waals surface area (Å²) in [5.41, 5.74) is 0. The van der Waals surface area contributed by atoms with Gasteiger partial charge in [-0.1, -0.05) is 65.2 Å². The SMILES string of the molecule is CCCCCCC(CC)CCCCc1nnn(C)n1. The summed E-state index contributed by atoms with van der Waals surface area (Å²) < 4.78 is 0. The third-order valence-corrected chi connectivity index (χ3v) is 3.86. The van der Waals surface area contributed by atoms with Crippen LogP contribution < -0.4 is 0 Å². The first kappa shape index (κ1) is 16.1. The van der Waals surface area contributed by atoms with Crippen molar-refractivity contribution in [3.63, 3.8) is 0 Å². The van der Waals surface area contributed by atoms with E-state index in [9.17, 15) is 0 Å². The summed E-state index contributed by atoms with van der Waals surface area (Å²) in [6.07, 6.45) is 13.1. The first-order valence-corrected chi connectivity index (χ1v) is 7.99. The molecule has 0 fully saturated rings. The fourth-order valence-electron chi connectivity index (χ4n) is 2.55. The van der Waals surface area contributed by atoms with E-state index in [1.54, 1.807) is 0 Å². The normalized spacial score (nSPS) is 12.8. The lowest BCUT2D eigenvalue weighted by molar-refractivity contribution is 0.397. The molecule has 0 saturated heterocycles. The lowest BCUT2D eigenvalue weighted by Gasteiger charge is -2.14. The third-order valence-electron chi connectivity index (χ3n) is 3.86. The molecule has 0 aliphatic heterocycles. The van der Waals surface area contributed by atoms with E-state index in [2.05, 4.69) is 29.3 Å². The smallest absolute Gasteiger partial charge is 0.167 e. The first-order valence-electron chi connectivity index (χ1n) is 7.99. The van der Waals surface area contributed by atoms with Gasteiger partial charge in [-0.05, 0) is 17.6 Å². The molecule has 0 aliphatic carbocycles. The van der Waals surface area contributed by atoms with Crippen molar-refractivity contribution < 1.29 is 0 Å². The van der Waals surface area contributed by atoms with Crippen LogP contribution >= 0.6 is 0 Å². The Balaban J connectivity index is 2.05. The minimum atomic E-state index is 0.887. The summed E-state index contributed by atoms with van der Waals surface area (Å²) in [7, 11) is 1.82. The van der Waals surface area contributed by atoms with Crippen molar-refractivity contribution in [1.82, 2.24) is 20.2 Å². The van der Waals surface area contributed by atoms with Crippen LogP contribution in [0.1, 0.15) is 77.5 Å². The monoisotopic (exact) mass is 266 g/mol. The third kappa shape index (κ3) is 7.28. The van der Waals surface area contributed by atoms with E-state index in [1.807, 2.05) is 7.05 Å². The highest BCUT2D eigenvalue weighted by Gasteiger charge is 2.06. The second kappa shape index (κ2) is 9.93. The van der Waals surface area contributed by atoms with Gasteiger partial charge in [-0.2, -0.15) is 4.80 Å². The van der Waals surface area contributed by atoms with Crippen molar-refractivity contribution >= 4 is 0 Å². The van der Waals surface area contributed by atoms with Gasteiger partial charge in [0, 0.05) is 6.42 Å². The summed E-state index contributed by atoms with van der Waals surface area (Å²) in [5.74, 6) is 1.81. The Labute approximate surface area is 118 Å². The Hall–Kier alpha value is -0.930. The minimum Gasteiger partial charge on any atom is -0.167 e. The highest BCUT2D eigenvalue weighted by Crippen LogP contribution is 2.20. The average Bonchev–Trinajstić information content (AvgIpc) is 2.82. The van der Waals surface area contributed by atoms with Crippen LogP contribution in [0.2, 0.25) is 0 Å². The number of aryl methyl sites for hydroxylation is 2. The summed E-state index contributed by atoms with van der Waals surface area (Å²) in [6, 6.07) is 0. The molecule has 1 unspecified atom stereocenters. The van der Waals surface area contributed by atoms with E-state index >= 15 is 0 Å². The van der Waals surface area contributed by atoms with Gasteiger partial charge in [0.25, 0.3) is 0 Å². The molecule has 1 aromatic rings. The molecule has 1 heterocycles. The summed E-state index contributed by atoms with van der Waals surface area (Å²) in [6.45, 7) is 4.60. The lowest BCUT2D eigenvalue weighted by atomic mass is 9.92. The van der Waals surface area contributed by atoms with Crippen LogP contribution in [0.4, 0.5) is 0 Å². The number of hydrogen-bond acceptors (Lipinski definition) is 3. The first-order chi connectivity index (χ1) is 9.26. The van der Waals surface area contributed by atoms with Gasteiger partial charge in [-0.15, -0.1) is 10.2 Å². The molecule has 1 atom stereocenters. The lowest BCUT2D eigenvalue weighted by Crippen LogP contribution is -2.00. The molecule has 0 aliphatic rings. The Bertz CT molecular complexity index is 322. The Morgan fingerprint density at radius 2 is 1.74 bits per heavy atom. The number of nitrogens with zero attached hydrogens (tertiary/aromatic N) is 4. The predicted octanol–water partition coefficient (Wildman–Crippen LogP) is 3.92. The van der Waals surface area contributed by atoms with Gasteiger partial charge in [0.1, 0.15) is 0 Å². The standard InChI is InChI=1S/C15H30N4/c1-4-6-7-8-11-14(5-2)12-9-10-13-15-16-18-19(3)17-15/h14H,4-13H2,1-3H3.